The zero-order chi connectivity index (χ0) is 14.1. The molecular formula is C13H19NO4S. The van der Waals surface area contributed by atoms with Gasteiger partial charge in [0.15, 0.2) is 0 Å². The van der Waals surface area contributed by atoms with Gasteiger partial charge < -0.3 is 4.74 Å². The summed E-state index contributed by atoms with van der Waals surface area (Å²) in [5.41, 5.74) is -0.982. The number of hydrogen-bond acceptors (Lipinski definition) is 4. The molecule has 1 N–H and O–H groups in total. The van der Waals surface area contributed by atoms with Crippen LogP contribution >= 0.6 is 0 Å². The lowest BCUT2D eigenvalue weighted by molar-refractivity contribution is -0.147. The summed E-state index contributed by atoms with van der Waals surface area (Å²) in [5, 5.41) is 0. The van der Waals surface area contributed by atoms with Crippen molar-refractivity contribution >= 4 is 16.9 Å². The van der Waals surface area contributed by atoms with Crippen LogP contribution in [-0.2, 0) is 20.4 Å². The molecule has 2 rings (SSSR count). The molecule has 19 heavy (non-hydrogen) atoms. The van der Waals surface area contributed by atoms with Gasteiger partial charge in [0.2, 0.25) is 10.9 Å². The molecule has 0 amide bonds. The smallest absolute Gasteiger partial charge is 0.327 e. The zero-order valence-electron chi connectivity index (χ0n) is 10.9. The lowest BCUT2D eigenvalue weighted by Crippen LogP contribution is -2.49. The van der Waals surface area contributed by atoms with E-state index in [0.29, 0.717) is 12.8 Å². The number of rotatable bonds is 3. The summed E-state index contributed by atoms with van der Waals surface area (Å²) < 4.78 is 27.9. The lowest BCUT2D eigenvalue weighted by Gasteiger charge is -2.23. The van der Waals surface area contributed by atoms with Gasteiger partial charge >= 0.3 is 5.97 Å². The molecule has 1 fully saturated rings. The molecule has 0 saturated heterocycles. The van der Waals surface area contributed by atoms with Crippen LogP contribution in [0.3, 0.4) is 0 Å². The highest BCUT2D eigenvalue weighted by atomic mass is 32.2. The van der Waals surface area contributed by atoms with Gasteiger partial charge in [0.25, 0.3) is 0 Å². The van der Waals surface area contributed by atoms with Gasteiger partial charge in [-0.25, -0.2) is 13.1 Å². The molecule has 1 aliphatic carbocycles. The van der Waals surface area contributed by atoms with E-state index in [2.05, 4.69) is 9.46 Å². The first-order valence-electron chi connectivity index (χ1n) is 6.11. The van der Waals surface area contributed by atoms with Gasteiger partial charge in [0.1, 0.15) is 5.54 Å². The van der Waals surface area contributed by atoms with Crippen LogP contribution in [0.25, 0.3) is 0 Å². The molecule has 0 atom stereocenters. The first-order chi connectivity index (χ1) is 9.10. The monoisotopic (exact) mass is 285 g/mol. The van der Waals surface area contributed by atoms with Crippen LogP contribution in [0.1, 0.15) is 25.7 Å². The third-order valence-electron chi connectivity index (χ3n) is 3.01. The maximum atomic E-state index is 11.3. The predicted octanol–water partition coefficient (Wildman–Crippen LogP) is 1.27. The Hall–Kier alpha value is -1.40. The minimum absolute atomic E-state index is 0.482. The second-order valence-electron chi connectivity index (χ2n) is 4.30. The Morgan fingerprint density at radius 1 is 1.05 bits per heavy atom. The van der Waals surface area contributed by atoms with E-state index in [1.807, 2.05) is 36.4 Å². The van der Waals surface area contributed by atoms with E-state index in [9.17, 15) is 13.2 Å². The zero-order valence-corrected chi connectivity index (χ0v) is 11.8. The number of carbonyl (C=O) groups is 1. The average molecular weight is 285 g/mol. The summed E-state index contributed by atoms with van der Waals surface area (Å²) in [5.74, 6) is -0.482. The average Bonchev–Trinajstić information content (AvgIpc) is 2.89. The first-order valence-corrected chi connectivity index (χ1v) is 7.29. The Morgan fingerprint density at radius 2 is 1.47 bits per heavy atom. The molecule has 1 aliphatic rings. The Morgan fingerprint density at radius 3 is 1.79 bits per heavy atom. The fourth-order valence-corrected chi connectivity index (χ4v) is 2.76. The Balaban J connectivity index is 0.000000250. The van der Waals surface area contributed by atoms with Crippen molar-refractivity contribution in [2.75, 3.05) is 7.11 Å². The molecule has 5 nitrogen and oxygen atoms in total. The van der Waals surface area contributed by atoms with Gasteiger partial charge in [-0.05, 0) is 12.8 Å². The van der Waals surface area contributed by atoms with Gasteiger partial charge in [-0.15, -0.1) is 0 Å². The molecule has 0 bridgehead atoms. The van der Waals surface area contributed by atoms with E-state index >= 15 is 0 Å². The van der Waals surface area contributed by atoms with Crippen molar-refractivity contribution in [2.45, 2.75) is 31.2 Å². The SMILES string of the molecule is COC(=O)C1(N[SH](=O)=O)CCCC1.c1ccccc1. The number of methoxy groups -OCH3 is 1. The summed E-state index contributed by atoms with van der Waals surface area (Å²) in [6.07, 6.45) is 2.77. The number of thiol groups is 1. The van der Waals surface area contributed by atoms with Gasteiger partial charge in [-0.2, -0.15) is 0 Å². The Labute approximate surface area is 115 Å². The lowest BCUT2D eigenvalue weighted by atomic mass is 10.00. The van der Waals surface area contributed by atoms with E-state index < -0.39 is 22.4 Å². The van der Waals surface area contributed by atoms with Crippen LogP contribution in [0.4, 0.5) is 0 Å². The normalized spacial score (nSPS) is 16.5. The minimum Gasteiger partial charge on any atom is -0.468 e. The number of benzene rings is 1. The Bertz CT molecular complexity index is 418. The van der Waals surface area contributed by atoms with Gasteiger partial charge in [-0.1, -0.05) is 49.2 Å². The second kappa shape index (κ2) is 7.91. The maximum absolute atomic E-state index is 11.3. The van der Waals surface area contributed by atoms with Crippen molar-refractivity contribution in [3.63, 3.8) is 0 Å². The molecule has 106 valence electrons. The number of ether oxygens (including phenoxy) is 1. The summed E-state index contributed by atoms with van der Waals surface area (Å²) in [6, 6.07) is 12.0. The molecule has 1 aromatic carbocycles. The molecule has 0 aromatic heterocycles. The standard InChI is InChI=1S/C7H13NO4S.C6H6/c1-12-6(9)7(8-13(10)11)4-2-3-5-7;1-2-4-6-5-3-1/h13H,2-5H2,1H3,(H,8,10,11);1-6H. The summed E-state index contributed by atoms with van der Waals surface area (Å²) in [6.45, 7) is 0. The molecule has 6 heteroatoms. The summed E-state index contributed by atoms with van der Waals surface area (Å²) >= 11 is 0. The molecule has 0 aliphatic heterocycles. The largest absolute Gasteiger partial charge is 0.468 e. The van der Waals surface area contributed by atoms with E-state index in [4.69, 9.17) is 0 Å². The Kier molecular flexibility index (Phi) is 6.52. The molecule has 1 aromatic rings. The van der Waals surface area contributed by atoms with Gasteiger partial charge in [0, 0.05) is 0 Å². The van der Waals surface area contributed by atoms with Crippen LogP contribution in [0, 0.1) is 0 Å². The van der Waals surface area contributed by atoms with Crippen molar-refractivity contribution in [1.82, 2.24) is 4.72 Å². The number of carbonyl (C=O) groups excluding carboxylic acids is 1. The fourth-order valence-electron chi connectivity index (χ4n) is 2.10. The van der Waals surface area contributed by atoms with Crippen LogP contribution < -0.4 is 4.72 Å². The highest BCUT2D eigenvalue weighted by Crippen LogP contribution is 2.30. The molecular weight excluding hydrogens is 266 g/mol. The van der Waals surface area contributed by atoms with E-state index in [1.54, 1.807) is 0 Å². The predicted molar refractivity (Wildman–Crippen MR) is 73.1 cm³/mol. The number of nitrogens with one attached hydrogen (secondary N) is 1. The van der Waals surface area contributed by atoms with Crippen LogP contribution in [0.5, 0.6) is 0 Å². The van der Waals surface area contributed by atoms with Crippen molar-refractivity contribution in [2.24, 2.45) is 0 Å². The summed E-state index contributed by atoms with van der Waals surface area (Å²) in [7, 11) is -1.48. The van der Waals surface area contributed by atoms with Crippen molar-refractivity contribution in [1.29, 1.82) is 0 Å². The van der Waals surface area contributed by atoms with Crippen molar-refractivity contribution in [3.8, 4) is 0 Å². The van der Waals surface area contributed by atoms with E-state index in [0.717, 1.165) is 12.8 Å². The molecule has 0 unspecified atom stereocenters. The number of hydrogen-bond donors (Lipinski definition) is 2. The van der Waals surface area contributed by atoms with E-state index in [-0.39, 0.29) is 0 Å². The second-order valence-corrected chi connectivity index (χ2v) is 5.04. The van der Waals surface area contributed by atoms with Crippen molar-refractivity contribution in [3.05, 3.63) is 36.4 Å². The quantitative estimate of drug-likeness (QED) is 0.648. The minimum atomic E-state index is -2.75. The number of esters is 1. The third-order valence-corrected chi connectivity index (χ3v) is 3.62. The van der Waals surface area contributed by atoms with Crippen LogP contribution in [0.15, 0.2) is 36.4 Å². The highest BCUT2D eigenvalue weighted by molar-refractivity contribution is 7.70. The third kappa shape index (κ3) is 5.00. The highest BCUT2D eigenvalue weighted by Gasteiger charge is 2.42. The van der Waals surface area contributed by atoms with Crippen molar-refractivity contribution < 1.29 is 17.9 Å². The summed E-state index contributed by atoms with van der Waals surface area (Å²) in [4.78, 5) is 11.3. The van der Waals surface area contributed by atoms with Crippen LogP contribution in [-0.4, -0.2) is 27.0 Å². The molecule has 1 saturated carbocycles. The fraction of sp³-hybridized carbons (Fsp3) is 0.462. The topological polar surface area (TPSA) is 72.5 Å². The van der Waals surface area contributed by atoms with Gasteiger partial charge in [0.05, 0.1) is 7.11 Å². The molecule has 0 heterocycles. The van der Waals surface area contributed by atoms with Crippen LogP contribution in [0.2, 0.25) is 0 Å². The molecule has 0 radical (unpaired) electrons. The molecule has 0 spiro atoms. The maximum Gasteiger partial charge on any atom is 0.327 e. The van der Waals surface area contributed by atoms with Gasteiger partial charge in [-0.3, -0.25) is 4.79 Å². The van der Waals surface area contributed by atoms with E-state index in [1.165, 1.54) is 7.11 Å². The first kappa shape index (κ1) is 15.7.